The third kappa shape index (κ3) is 9.69. The highest BCUT2D eigenvalue weighted by Crippen LogP contribution is 2.65. The minimum atomic E-state index is -0.607. The molecule has 15 heteroatoms. The second kappa shape index (κ2) is 20.2. The molecule has 380 valence electrons. The predicted octanol–water partition coefficient (Wildman–Crippen LogP) is 6.53. The molecule has 4 saturated carbocycles. The summed E-state index contributed by atoms with van der Waals surface area (Å²) in [5.74, 6) is 0.421. The number of benzene rings is 3. The Balaban J connectivity index is 0.638. The summed E-state index contributed by atoms with van der Waals surface area (Å²) < 4.78 is 15.2. The van der Waals surface area contributed by atoms with Gasteiger partial charge in [-0.05, 0) is 148 Å². The van der Waals surface area contributed by atoms with E-state index in [1.165, 1.54) is 6.07 Å². The fourth-order valence-corrected chi connectivity index (χ4v) is 13.5. The van der Waals surface area contributed by atoms with Crippen LogP contribution in [0.1, 0.15) is 133 Å². The van der Waals surface area contributed by atoms with Crippen molar-refractivity contribution in [2.45, 2.75) is 108 Å². The van der Waals surface area contributed by atoms with Gasteiger partial charge in [-0.25, -0.2) is 9.49 Å². The van der Waals surface area contributed by atoms with Gasteiger partial charge in [-0.1, -0.05) is 55.7 Å². The number of carbonyl (C=O) groups is 5. The number of hydrogen-bond acceptors (Lipinski definition) is 8. The van der Waals surface area contributed by atoms with Crippen LogP contribution in [0.25, 0.3) is 10.8 Å². The largest absolute Gasteiger partial charge is 0.342 e. The maximum atomic E-state index is 15.2. The second-order valence-electron chi connectivity index (χ2n) is 22.6. The molecule has 8 fully saturated rings. The molecule has 72 heavy (non-hydrogen) atoms. The van der Waals surface area contributed by atoms with Crippen LogP contribution in [0.4, 0.5) is 4.39 Å². The smallest absolute Gasteiger partial charge is 0.272 e. The minimum Gasteiger partial charge on any atom is -0.342 e. The summed E-state index contributed by atoms with van der Waals surface area (Å²) in [4.78, 5) is 91.1. The zero-order chi connectivity index (χ0) is 49.6. The fraction of sp³-hybridized carbons (Fsp3) is 0.561. The third-order valence-electron chi connectivity index (χ3n) is 18.3. The van der Waals surface area contributed by atoms with Crippen molar-refractivity contribution in [3.8, 4) is 0 Å². The van der Waals surface area contributed by atoms with Crippen LogP contribution >= 0.6 is 0 Å². The van der Waals surface area contributed by atoms with Crippen LogP contribution in [-0.2, 0) is 20.8 Å². The Morgan fingerprint density at radius 1 is 0.708 bits per heavy atom. The van der Waals surface area contributed by atoms with Crippen LogP contribution in [0, 0.1) is 28.5 Å². The number of H-pyrrole nitrogens is 1. The van der Waals surface area contributed by atoms with Crippen LogP contribution in [0.2, 0.25) is 0 Å². The fourth-order valence-electron chi connectivity index (χ4n) is 13.5. The normalized spacial score (nSPS) is 24.1. The van der Waals surface area contributed by atoms with Crippen molar-refractivity contribution in [2.24, 2.45) is 22.7 Å². The first-order valence-electron chi connectivity index (χ1n) is 27.0. The van der Waals surface area contributed by atoms with E-state index in [1.807, 2.05) is 40.1 Å². The van der Waals surface area contributed by atoms with Crippen molar-refractivity contribution in [1.82, 2.24) is 40.0 Å². The molecule has 4 aromatic rings. The first-order chi connectivity index (χ1) is 34.9. The third-order valence-corrected chi connectivity index (χ3v) is 18.3. The Morgan fingerprint density at radius 2 is 1.39 bits per heavy atom. The molecule has 0 unspecified atom stereocenters. The topological polar surface area (TPSA) is 159 Å². The SMILES string of the molecule is O=C(N[C@@H](C(=O)N1CCC2(CCN(CC(=O)N3CCN(C(=O)c4cc(Cc5n[nH]c(=O)c6ccccc56)ccc4F)CC3)CC2)CC1)C1CCCCC1)c1cccc(C2CCN(C(=O)C34CC(C3)C4)CC2)c1. The Labute approximate surface area is 421 Å². The average Bonchev–Trinajstić information content (AvgIpc) is 3.39. The maximum Gasteiger partial charge on any atom is 0.272 e. The van der Waals surface area contributed by atoms with E-state index in [9.17, 15) is 28.8 Å². The van der Waals surface area contributed by atoms with Gasteiger partial charge in [0.05, 0.1) is 28.6 Å². The molecule has 1 spiro atoms. The molecule has 1 atom stereocenters. The number of fused-ring (bicyclic) bond motifs is 1. The highest BCUT2D eigenvalue weighted by molar-refractivity contribution is 5.98. The van der Waals surface area contributed by atoms with Crippen molar-refractivity contribution in [2.75, 3.05) is 72.0 Å². The lowest BCUT2D eigenvalue weighted by Crippen LogP contribution is -2.61. The second-order valence-corrected chi connectivity index (χ2v) is 22.6. The van der Waals surface area contributed by atoms with Crippen LogP contribution in [0.3, 0.4) is 0 Å². The van der Waals surface area contributed by atoms with Gasteiger partial charge in [-0.15, -0.1) is 0 Å². The summed E-state index contributed by atoms with van der Waals surface area (Å²) in [6.07, 6.45) is 14.2. The molecule has 2 N–H and O–H groups in total. The molecule has 12 rings (SSSR count). The van der Waals surface area contributed by atoms with E-state index in [4.69, 9.17) is 0 Å². The molecule has 5 amide bonds. The summed E-state index contributed by atoms with van der Waals surface area (Å²) in [5, 5.41) is 11.3. The van der Waals surface area contributed by atoms with E-state index < -0.39 is 17.8 Å². The molecule has 1 aromatic heterocycles. The molecule has 0 radical (unpaired) electrons. The predicted molar refractivity (Wildman–Crippen MR) is 271 cm³/mol. The number of nitrogens with one attached hydrogen (secondary N) is 2. The summed E-state index contributed by atoms with van der Waals surface area (Å²) in [5.41, 5.74) is 2.82. The number of piperidine rings is 3. The van der Waals surface area contributed by atoms with E-state index >= 15 is 4.39 Å². The monoisotopic (exact) mass is 981 g/mol. The van der Waals surface area contributed by atoms with E-state index in [2.05, 4.69) is 31.4 Å². The van der Waals surface area contributed by atoms with Gasteiger partial charge in [-0.3, -0.25) is 33.7 Å². The van der Waals surface area contributed by atoms with E-state index in [1.54, 1.807) is 29.2 Å². The van der Waals surface area contributed by atoms with E-state index in [0.717, 1.165) is 128 Å². The average molecular weight is 981 g/mol. The number of aromatic amines is 1. The van der Waals surface area contributed by atoms with Gasteiger partial charge in [0.25, 0.3) is 17.4 Å². The number of rotatable bonds is 11. The maximum absolute atomic E-state index is 15.2. The van der Waals surface area contributed by atoms with Crippen molar-refractivity contribution in [1.29, 1.82) is 0 Å². The van der Waals surface area contributed by atoms with Gasteiger partial charge in [0, 0.05) is 69.7 Å². The quantitative estimate of drug-likeness (QED) is 0.172. The number of likely N-dealkylation sites (tertiary alicyclic amines) is 3. The summed E-state index contributed by atoms with van der Waals surface area (Å²) >= 11 is 0. The first-order valence-corrected chi connectivity index (χ1v) is 27.0. The van der Waals surface area contributed by atoms with Gasteiger partial charge >= 0.3 is 0 Å². The molecule has 2 bridgehead atoms. The highest BCUT2D eigenvalue weighted by atomic mass is 19.1. The van der Waals surface area contributed by atoms with Crippen LogP contribution in [-0.4, -0.2) is 142 Å². The minimum absolute atomic E-state index is 0.0244. The van der Waals surface area contributed by atoms with Crippen molar-refractivity contribution in [3.63, 3.8) is 0 Å². The molecular formula is C57H69FN8O6. The van der Waals surface area contributed by atoms with Gasteiger partial charge in [0.1, 0.15) is 11.9 Å². The van der Waals surface area contributed by atoms with Crippen LogP contribution in [0.5, 0.6) is 0 Å². The summed E-state index contributed by atoms with van der Waals surface area (Å²) in [6.45, 7) is 6.15. The van der Waals surface area contributed by atoms with Gasteiger partial charge in [0.15, 0.2) is 0 Å². The zero-order valence-corrected chi connectivity index (χ0v) is 41.6. The van der Waals surface area contributed by atoms with Crippen LogP contribution < -0.4 is 10.9 Å². The standard InChI is InChI=1S/C57H69FN8O6/c58-47-14-13-38(32-48-44-11-4-5-12-45(44)52(69)61-60-48)31-46(47)53(70)65-29-27-63(28-30-65)49(67)37-62-23-17-56(18-24-62)19-25-64(26-20-56)54(71)50(41-7-2-1-3-8-41)59-51(68)43-10-6-9-42(33-43)40-15-21-66(22-16-40)55(72)57-34-39(35-57)36-57/h4-6,9-14,31,33,39-41,50H,1-3,7-8,15-30,32,34-37H2,(H,59,68)(H,61,69)/t39?,50-,57?/m1/s1. The Bertz CT molecular complexity index is 2760. The molecular weight excluding hydrogens is 912 g/mol. The number of aromatic nitrogens is 2. The Kier molecular flexibility index (Phi) is 13.5. The van der Waals surface area contributed by atoms with Gasteiger partial charge < -0.3 is 24.9 Å². The lowest BCUT2D eigenvalue weighted by molar-refractivity contribution is -0.177. The summed E-state index contributed by atoms with van der Waals surface area (Å²) in [6, 6.07) is 19.1. The first kappa shape index (κ1) is 48.3. The number of hydrogen-bond donors (Lipinski definition) is 2. The molecule has 4 aliphatic carbocycles. The van der Waals surface area contributed by atoms with Crippen molar-refractivity contribution < 1.29 is 28.4 Å². The van der Waals surface area contributed by atoms with Crippen molar-refractivity contribution >= 4 is 40.3 Å². The molecule has 3 aromatic carbocycles. The van der Waals surface area contributed by atoms with Crippen molar-refractivity contribution in [3.05, 3.63) is 111 Å². The number of piperazine rings is 1. The lowest BCUT2D eigenvalue weighted by Gasteiger charge is -2.61. The van der Waals surface area contributed by atoms with Crippen LogP contribution in [0.15, 0.2) is 71.5 Å². The molecule has 4 aliphatic heterocycles. The number of amides is 5. The van der Waals surface area contributed by atoms with Gasteiger partial charge in [0.2, 0.25) is 17.7 Å². The lowest BCUT2D eigenvalue weighted by atomic mass is 9.44. The number of carbonyl (C=O) groups excluding carboxylic acids is 5. The van der Waals surface area contributed by atoms with E-state index in [-0.39, 0.29) is 45.6 Å². The van der Waals surface area contributed by atoms with E-state index in [0.29, 0.717) is 91.7 Å². The number of halogens is 1. The molecule has 8 aliphatic rings. The molecule has 4 saturated heterocycles. The van der Waals surface area contributed by atoms with Gasteiger partial charge in [-0.2, -0.15) is 5.10 Å². The number of nitrogens with zero attached hydrogens (tertiary/aromatic N) is 6. The highest BCUT2D eigenvalue weighted by Gasteiger charge is 2.62. The zero-order valence-electron chi connectivity index (χ0n) is 41.6. The summed E-state index contributed by atoms with van der Waals surface area (Å²) in [7, 11) is 0. The molecule has 14 nitrogen and oxygen atoms in total. The Hall–Kier alpha value is -5.96. The molecule has 5 heterocycles. The Morgan fingerprint density at radius 3 is 2.08 bits per heavy atom.